The number of hydrazone groups is 1. The molecular formula is C25H21N5O3. The lowest BCUT2D eigenvalue weighted by Gasteiger charge is -2.18. The number of nitrogens with zero attached hydrogens (tertiary/aromatic N) is 3. The van der Waals surface area contributed by atoms with Gasteiger partial charge in [0.2, 0.25) is 0 Å². The van der Waals surface area contributed by atoms with Gasteiger partial charge in [-0.15, -0.1) is 0 Å². The number of amides is 1. The van der Waals surface area contributed by atoms with E-state index in [-0.39, 0.29) is 5.91 Å². The molecule has 0 aliphatic carbocycles. The summed E-state index contributed by atoms with van der Waals surface area (Å²) in [7, 11) is 0. The first-order valence-electron chi connectivity index (χ1n) is 10.4. The summed E-state index contributed by atoms with van der Waals surface area (Å²) in [6.07, 6.45) is 3.44. The highest BCUT2D eigenvalue weighted by atomic mass is 16.6. The van der Waals surface area contributed by atoms with Gasteiger partial charge < -0.3 is 15.2 Å². The minimum absolute atomic E-state index is 0.331. The molecule has 0 saturated heterocycles. The Bertz CT molecular complexity index is 1310. The van der Waals surface area contributed by atoms with Gasteiger partial charge in [-0.2, -0.15) is 10.2 Å². The van der Waals surface area contributed by atoms with E-state index in [1.54, 1.807) is 35.2 Å². The number of nitrogens with two attached hydrogens (primary N) is 1. The van der Waals surface area contributed by atoms with Crippen molar-refractivity contribution in [3.63, 3.8) is 0 Å². The number of ether oxygens (including phenoxy) is 2. The number of benzene rings is 3. The van der Waals surface area contributed by atoms with Gasteiger partial charge in [0.15, 0.2) is 11.5 Å². The first kappa shape index (κ1) is 20.3. The van der Waals surface area contributed by atoms with Crippen molar-refractivity contribution in [3.05, 3.63) is 90.1 Å². The third-order valence-electron chi connectivity index (χ3n) is 5.12. The number of anilines is 1. The summed E-state index contributed by atoms with van der Waals surface area (Å²) < 4.78 is 13.1. The van der Waals surface area contributed by atoms with Crippen molar-refractivity contribution >= 4 is 17.8 Å². The minimum atomic E-state index is -0.331. The second kappa shape index (κ2) is 8.88. The SMILES string of the molecule is Nc1ccc(C(=O)NN=Cc2cn(-c3ccccc3)nc2-c2ccc3c(c2)OCCO3)cc1. The van der Waals surface area contributed by atoms with Crippen LogP contribution in [0.3, 0.4) is 0 Å². The summed E-state index contributed by atoms with van der Waals surface area (Å²) in [5.74, 6) is 1.05. The Morgan fingerprint density at radius 2 is 1.76 bits per heavy atom. The molecule has 4 aromatic rings. The average molecular weight is 439 g/mol. The van der Waals surface area contributed by atoms with E-state index in [1.807, 2.05) is 54.7 Å². The van der Waals surface area contributed by atoms with Crippen LogP contribution in [0.2, 0.25) is 0 Å². The normalized spacial score (nSPS) is 12.6. The van der Waals surface area contributed by atoms with E-state index < -0.39 is 0 Å². The van der Waals surface area contributed by atoms with Crippen LogP contribution in [-0.4, -0.2) is 35.1 Å². The zero-order valence-corrected chi connectivity index (χ0v) is 17.6. The molecule has 0 saturated carbocycles. The van der Waals surface area contributed by atoms with E-state index in [0.29, 0.717) is 41.7 Å². The third kappa shape index (κ3) is 4.40. The van der Waals surface area contributed by atoms with Crippen molar-refractivity contribution in [2.45, 2.75) is 0 Å². The van der Waals surface area contributed by atoms with Crippen LogP contribution in [0.5, 0.6) is 11.5 Å². The van der Waals surface area contributed by atoms with Crippen LogP contribution in [0.1, 0.15) is 15.9 Å². The summed E-state index contributed by atoms with van der Waals surface area (Å²) in [5, 5.41) is 8.92. The smallest absolute Gasteiger partial charge is 0.271 e. The Kier molecular flexibility index (Phi) is 5.47. The molecule has 0 atom stereocenters. The maximum atomic E-state index is 12.4. The molecular weight excluding hydrogens is 418 g/mol. The van der Waals surface area contributed by atoms with Crippen LogP contribution >= 0.6 is 0 Å². The van der Waals surface area contributed by atoms with Crippen LogP contribution in [-0.2, 0) is 0 Å². The number of fused-ring (bicyclic) bond motifs is 1. The Morgan fingerprint density at radius 1 is 1.00 bits per heavy atom. The van der Waals surface area contributed by atoms with Crippen molar-refractivity contribution in [2.75, 3.05) is 18.9 Å². The zero-order chi connectivity index (χ0) is 22.6. The minimum Gasteiger partial charge on any atom is -0.486 e. The van der Waals surface area contributed by atoms with E-state index in [2.05, 4.69) is 10.5 Å². The van der Waals surface area contributed by atoms with Gasteiger partial charge in [-0.05, 0) is 54.6 Å². The maximum absolute atomic E-state index is 12.4. The molecule has 1 aliphatic rings. The van der Waals surface area contributed by atoms with E-state index >= 15 is 0 Å². The highest BCUT2D eigenvalue weighted by Gasteiger charge is 2.16. The van der Waals surface area contributed by atoms with Gasteiger partial charge in [-0.1, -0.05) is 18.2 Å². The van der Waals surface area contributed by atoms with Crippen LogP contribution in [0.25, 0.3) is 16.9 Å². The second-order valence-corrected chi connectivity index (χ2v) is 7.39. The van der Waals surface area contributed by atoms with E-state index in [0.717, 1.165) is 16.8 Å². The standard InChI is InChI=1S/C25H21N5O3/c26-20-9-6-17(7-10-20)25(31)28-27-15-19-16-30(21-4-2-1-3-5-21)29-24(19)18-8-11-22-23(14-18)33-13-12-32-22/h1-11,14-16H,12-13,26H2,(H,28,31). The number of para-hydroxylation sites is 1. The van der Waals surface area contributed by atoms with Gasteiger partial charge in [0.05, 0.1) is 11.9 Å². The molecule has 3 N–H and O–H groups in total. The fourth-order valence-electron chi connectivity index (χ4n) is 3.47. The number of carbonyl (C=O) groups is 1. The summed E-state index contributed by atoms with van der Waals surface area (Å²) in [5.41, 5.74) is 12.5. The first-order valence-corrected chi connectivity index (χ1v) is 10.4. The molecule has 0 radical (unpaired) electrons. The topological polar surface area (TPSA) is 104 Å². The van der Waals surface area contributed by atoms with E-state index in [4.69, 9.17) is 20.3 Å². The summed E-state index contributed by atoms with van der Waals surface area (Å²) >= 11 is 0. The van der Waals surface area contributed by atoms with Crippen molar-refractivity contribution in [1.29, 1.82) is 0 Å². The molecule has 1 amide bonds. The molecule has 2 heterocycles. The van der Waals surface area contributed by atoms with Crippen molar-refractivity contribution in [3.8, 4) is 28.4 Å². The first-order chi connectivity index (χ1) is 16.2. The Hall–Kier alpha value is -4.59. The molecule has 164 valence electrons. The second-order valence-electron chi connectivity index (χ2n) is 7.39. The predicted molar refractivity (Wildman–Crippen MR) is 126 cm³/mol. The van der Waals surface area contributed by atoms with Gasteiger partial charge in [-0.3, -0.25) is 4.79 Å². The average Bonchev–Trinajstić information content (AvgIpc) is 3.29. The van der Waals surface area contributed by atoms with Crippen LogP contribution in [0, 0.1) is 0 Å². The van der Waals surface area contributed by atoms with Gasteiger partial charge in [-0.25, -0.2) is 10.1 Å². The van der Waals surface area contributed by atoms with Crippen LogP contribution < -0.4 is 20.6 Å². The van der Waals surface area contributed by atoms with Crippen molar-refractivity contribution in [2.24, 2.45) is 5.10 Å². The molecule has 0 spiro atoms. The number of aromatic nitrogens is 2. The molecule has 1 aromatic heterocycles. The predicted octanol–water partition coefficient (Wildman–Crippen LogP) is 3.66. The quantitative estimate of drug-likeness (QED) is 0.281. The molecule has 8 nitrogen and oxygen atoms in total. The van der Waals surface area contributed by atoms with Crippen molar-refractivity contribution in [1.82, 2.24) is 15.2 Å². The molecule has 5 rings (SSSR count). The third-order valence-corrected chi connectivity index (χ3v) is 5.12. The van der Waals surface area contributed by atoms with E-state index in [9.17, 15) is 4.79 Å². The highest BCUT2D eigenvalue weighted by molar-refractivity contribution is 5.96. The fourth-order valence-corrected chi connectivity index (χ4v) is 3.47. The Morgan fingerprint density at radius 3 is 2.55 bits per heavy atom. The molecule has 0 fully saturated rings. The van der Waals surface area contributed by atoms with Gasteiger partial charge in [0.1, 0.15) is 18.9 Å². The number of carbonyl (C=O) groups excluding carboxylic acids is 1. The highest BCUT2D eigenvalue weighted by Crippen LogP contribution is 2.35. The molecule has 3 aromatic carbocycles. The van der Waals surface area contributed by atoms with Gasteiger partial charge >= 0.3 is 0 Å². The monoisotopic (exact) mass is 439 g/mol. The fraction of sp³-hybridized carbons (Fsp3) is 0.0800. The van der Waals surface area contributed by atoms with Gasteiger partial charge in [0, 0.05) is 28.6 Å². The molecule has 0 bridgehead atoms. The van der Waals surface area contributed by atoms with Gasteiger partial charge in [0.25, 0.3) is 5.91 Å². The summed E-state index contributed by atoms with van der Waals surface area (Å²) in [6.45, 7) is 1.03. The lowest BCUT2D eigenvalue weighted by molar-refractivity contribution is 0.0955. The number of rotatable bonds is 5. The molecule has 0 unspecified atom stereocenters. The van der Waals surface area contributed by atoms with E-state index in [1.165, 1.54) is 0 Å². The Balaban J connectivity index is 1.46. The van der Waals surface area contributed by atoms with Crippen LogP contribution in [0.15, 0.2) is 84.1 Å². The molecule has 8 heteroatoms. The lowest BCUT2D eigenvalue weighted by Crippen LogP contribution is -2.17. The number of hydrogen-bond donors (Lipinski definition) is 2. The molecule has 1 aliphatic heterocycles. The summed E-state index contributed by atoms with van der Waals surface area (Å²) in [4.78, 5) is 12.4. The largest absolute Gasteiger partial charge is 0.486 e. The lowest BCUT2D eigenvalue weighted by atomic mass is 10.1. The summed E-state index contributed by atoms with van der Waals surface area (Å²) in [6, 6.07) is 22.1. The maximum Gasteiger partial charge on any atom is 0.271 e. The van der Waals surface area contributed by atoms with Crippen molar-refractivity contribution < 1.29 is 14.3 Å². The van der Waals surface area contributed by atoms with Crippen LogP contribution in [0.4, 0.5) is 5.69 Å². The number of hydrogen-bond acceptors (Lipinski definition) is 6. The number of nitrogens with one attached hydrogen (secondary N) is 1. The number of nitrogen functional groups attached to an aromatic ring is 1. The molecule has 33 heavy (non-hydrogen) atoms. The Labute approximate surface area is 190 Å². The zero-order valence-electron chi connectivity index (χ0n) is 17.6.